The Morgan fingerprint density at radius 3 is 2.32 bits per heavy atom. The second kappa shape index (κ2) is 10.1. The predicted molar refractivity (Wildman–Crippen MR) is 123 cm³/mol. The SMILES string of the molecule is Cc1nn(-c2ccccc2)c(C)c1CN(C)C(C)C(=O)N(CCC#N)c1ccccc1. The zero-order valence-corrected chi connectivity index (χ0v) is 18.6. The van der Waals surface area contributed by atoms with Crippen molar-refractivity contribution in [2.75, 3.05) is 18.5 Å². The van der Waals surface area contributed by atoms with Gasteiger partial charge in [-0.15, -0.1) is 0 Å². The van der Waals surface area contributed by atoms with Crippen LogP contribution >= 0.6 is 0 Å². The number of hydrogen-bond donors (Lipinski definition) is 0. The van der Waals surface area contributed by atoms with Crippen LogP contribution in [0.25, 0.3) is 5.69 Å². The summed E-state index contributed by atoms with van der Waals surface area (Å²) in [5, 5.41) is 13.8. The van der Waals surface area contributed by atoms with E-state index in [9.17, 15) is 4.79 Å². The maximum atomic E-state index is 13.3. The van der Waals surface area contributed by atoms with Crippen LogP contribution < -0.4 is 4.90 Å². The third kappa shape index (κ3) is 5.01. The number of aryl methyl sites for hydroxylation is 1. The molecule has 1 atom stereocenters. The minimum atomic E-state index is -0.349. The average molecular weight is 416 g/mol. The highest BCUT2D eigenvalue weighted by molar-refractivity contribution is 5.96. The molecule has 0 aliphatic heterocycles. The zero-order valence-electron chi connectivity index (χ0n) is 18.6. The summed E-state index contributed by atoms with van der Waals surface area (Å²) in [6.45, 7) is 6.97. The number of hydrogen-bond acceptors (Lipinski definition) is 4. The topological polar surface area (TPSA) is 65.2 Å². The van der Waals surface area contributed by atoms with E-state index in [0.29, 0.717) is 19.5 Å². The van der Waals surface area contributed by atoms with Crippen LogP contribution in [-0.2, 0) is 11.3 Å². The number of amides is 1. The van der Waals surface area contributed by atoms with Crippen LogP contribution in [0, 0.1) is 25.2 Å². The van der Waals surface area contributed by atoms with Gasteiger partial charge < -0.3 is 4.90 Å². The molecule has 0 N–H and O–H groups in total. The van der Waals surface area contributed by atoms with Crippen molar-refractivity contribution in [3.8, 4) is 11.8 Å². The van der Waals surface area contributed by atoms with Crippen LogP contribution in [0.15, 0.2) is 60.7 Å². The molecule has 0 bridgehead atoms. The average Bonchev–Trinajstić information content (AvgIpc) is 3.08. The van der Waals surface area contributed by atoms with Gasteiger partial charge in [-0.1, -0.05) is 36.4 Å². The monoisotopic (exact) mass is 415 g/mol. The van der Waals surface area contributed by atoms with Gasteiger partial charge in [-0.05, 0) is 52.1 Å². The summed E-state index contributed by atoms with van der Waals surface area (Å²) in [6, 6.07) is 21.4. The van der Waals surface area contributed by atoms with Crippen molar-refractivity contribution >= 4 is 11.6 Å². The summed E-state index contributed by atoms with van der Waals surface area (Å²) >= 11 is 0. The molecule has 0 aliphatic rings. The van der Waals surface area contributed by atoms with Crippen molar-refractivity contribution in [3.63, 3.8) is 0 Å². The number of para-hydroxylation sites is 2. The molecule has 1 amide bonds. The van der Waals surface area contributed by atoms with Gasteiger partial charge in [-0.2, -0.15) is 10.4 Å². The summed E-state index contributed by atoms with van der Waals surface area (Å²) in [5.41, 5.74) is 4.98. The molecule has 3 aromatic rings. The summed E-state index contributed by atoms with van der Waals surface area (Å²) in [6.07, 6.45) is 0.291. The minimum Gasteiger partial charge on any atom is -0.310 e. The largest absolute Gasteiger partial charge is 0.310 e. The molecule has 31 heavy (non-hydrogen) atoms. The maximum absolute atomic E-state index is 13.3. The molecule has 0 radical (unpaired) electrons. The Balaban J connectivity index is 1.79. The molecule has 2 aromatic carbocycles. The van der Waals surface area contributed by atoms with Crippen LogP contribution in [0.3, 0.4) is 0 Å². The first-order valence-corrected chi connectivity index (χ1v) is 10.5. The van der Waals surface area contributed by atoms with E-state index in [1.807, 2.05) is 91.1 Å². The molecule has 0 fully saturated rings. The molecule has 6 heteroatoms. The number of anilines is 1. The van der Waals surface area contributed by atoms with Gasteiger partial charge in [0.05, 0.1) is 29.9 Å². The number of nitriles is 1. The number of aromatic nitrogens is 2. The van der Waals surface area contributed by atoms with E-state index < -0.39 is 0 Å². The Kier molecular flexibility index (Phi) is 7.22. The van der Waals surface area contributed by atoms with Gasteiger partial charge in [0.2, 0.25) is 5.91 Å². The number of nitrogens with zero attached hydrogens (tertiary/aromatic N) is 5. The lowest BCUT2D eigenvalue weighted by molar-refractivity contribution is -0.123. The first-order valence-electron chi connectivity index (χ1n) is 10.5. The van der Waals surface area contributed by atoms with E-state index in [-0.39, 0.29) is 11.9 Å². The van der Waals surface area contributed by atoms with Gasteiger partial charge in [-0.25, -0.2) is 4.68 Å². The first-order chi connectivity index (χ1) is 14.9. The molecular formula is C25H29N5O. The predicted octanol–water partition coefficient (Wildman–Crippen LogP) is 4.26. The van der Waals surface area contributed by atoms with Crippen molar-refractivity contribution < 1.29 is 4.79 Å². The Hall–Kier alpha value is -3.43. The molecule has 160 valence electrons. The van der Waals surface area contributed by atoms with Gasteiger partial charge >= 0.3 is 0 Å². The fraction of sp³-hybridized carbons (Fsp3) is 0.320. The molecular weight excluding hydrogens is 386 g/mol. The number of rotatable bonds is 8. The zero-order chi connectivity index (χ0) is 22.4. The summed E-state index contributed by atoms with van der Waals surface area (Å²) in [7, 11) is 1.95. The fourth-order valence-corrected chi connectivity index (χ4v) is 3.66. The van der Waals surface area contributed by atoms with Crippen LogP contribution in [0.4, 0.5) is 5.69 Å². The maximum Gasteiger partial charge on any atom is 0.244 e. The lowest BCUT2D eigenvalue weighted by Gasteiger charge is -2.30. The van der Waals surface area contributed by atoms with E-state index in [4.69, 9.17) is 10.4 Å². The van der Waals surface area contributed by atoms with Crippen LogP contribution in [0.5, 0.6) is 0 Å². The summed E-state index contributed by atoms with van der Waals surface area (Å²) in [5.74, 6) is -0.0188. The van der Waals surface area contributed by atoms with E-state index in [1.165, 1.54) is 0 Å². The highest BCUT2D eigenvalue weighted by atomic mass is 16.2. The van der Waals surface area contributed by atoms with Gasteiger partial charge in [0.15, 0.2) is 0 Å². The smallest absolute Gasteiger partial charge is 0.244 e. The minimum absolute atomic E-state index is 0.0188. The van der Waals surface area contributed by atoms with E-state index in [0.717, 1.165) is 28.3 Å². The van der Waals surface area contributed by atoms with E-state index in [2.05, 4.69) is 13.0 Å². The Morgan fingerprint density at radius 1 is 1.10 bits per heavy atom. The number of benzene rings is 2. The van der Waals surface area contributed by atoms with Crippen LogP contribution in [0.1, 0.15) is 30.3 Å². The molecule has 0 spiro atoms. The fourth-order valence-electron chi connectivity index (χ4n) is 3.66. The first kappa shape index (κ1) is 22.3. The number of carbonyl (C=O) groups excluding carboxylic acids is 1. The highest BCUT2D eigenvalue weighted by Gasteiger charge is 2.26. The quantitative estimate of drug-likeness (QED) is 0.551. The van der Waals surface area contributed by atoms with E-state index >= 15 is 0 Å². The van der Waals surface area contributed by atoms with Crippen molar-refractivity contribution in [3.05, 3.63) is 77.6 Å². The van der Waals surface area contributed by atoms with Crippen LogP contribution in [0.2, 0.25) is 0 Å². The molecule has 1 heterocycles. The standard InChI is InChI=1S/C25H29N5O/c1-19-24(20(2)30(27-19)23-14-9-6-10-15-23)18-28(4)21(3)25(31)29(17-11-16-26)22-12-7-5-8-13-22/h5-10,12-15,21H,11,17-18H2,1-4H3. The Labute approximate surface area is 184 Å². The van der Waals surface area contributed by atoms with Crippen molar-refractivity contribution in [2.24, 2.45) is 0 Å². The molecule has 3 rings (SSSR count). The Morgan fingerprint density at radius 2 is 1.71 bits per heavy atom. The van der Waals surface area contributed by atoms with Gasteiger partial charge in [0.25, 0.3) is 0 Å². The highest BCUT2D eigenvalue weighted by Crippen LogP contribution is 2.21. The lowest BCUT2D eigenvalue weighted by atomic mass is 10.1. The summed E-state index contributed by atoms with van der Waals surface area (Å²) in [4.78, 5) is 17.1. The third-order valence-electron chi connectivity index (χ3n) is 5.65. The second-order valence-corrected chi connectivity index (χ2v) is 7.72. The van der Waals surface area contributed by atoms with Gasteiger partial charge in [-0.3, -0.25) is 9.69 Å². The molecule has 1 unspecified atom stereocenters. The van der Waals surface area contributed by atoms with Crippen molar-refractivity contribution in [1.29, 1.82) is 5.26 Å². The van der Waals surface area contributed by atoms with Crippen molar-refractivity contribution in [2.45, 2.75) is 39.8 Å². The molecule has 0 aliphatic carbocycles. The van der Waals surface area contributed by atoms with Crippen LogP contribution in [-0.4, -0.2) is 40.2 Å². The Bertz CT molecular complexity index is 1050. The van der Waals surface area contributed by atoms with Gasteiger partial charge in [0.1, 0.15) is 0 Å². The lowest BCUT2D eigenvalue weighted by Crippen LogP contribution is -2.46. The number of likely N-dealkylation sites (N-methyl/N-ethyl adjacent to an activating group) is 1. The second-order valence-electron chi connectivity index (χ2n) is 7.72. The van der Waals surface area contributed by atoms with Gasteiger partial charge in [0, 0.05) is 30.0 Å². The van der Waals surface area contributed by atoms with Crippen molar-refractivity contribution in [1.82, 2.24) is 14.7 Å². The van der Waals surface area contributed by atoms with E-state index in [1.54, 1.807) is 4.90 Å². The summed E-state index contributed by atoms with van der Waals surface area (Å²) < 4.78 is 1.95. The molecule has 6 nitrogen and oxygen atoms in total. The third-order valence-corrected chi connectivity index (χ3v) is 5.65. The molecule has 1 aromatic heterocycles. The molecule has 0 saturated carbocycles. The normalized spacial score (nSPS) is 11.9. The number of carbonyl (C=O) groups is 1. The molecule has 0 saturated heterocycles.